The molecule has 0 unspecified atom stereocenters. The molecule has 0 amide bonds. The van der Waals surface area contributed by atoms with Gasteiger partial charge in [-0.1, -0.05) is 6.07 Å². The monoisotopic (exact) mass is 267 g/mol. The molecule has 0 saturated carbocycles. The summed E-state index contributed by atoms with van der Waals surface area (Å²) in [7, 11) is 0. The van der Waals surface area contributed by atoms with Crippen molar-refractivity contribution in [1.29, 1.82) is 0 Å². The van der Waals surface area contributed by atoms with Gasteiger partial charge < -0.3 is 8.83 Å². The van der Waals surface area contributed by atoms with Crippen LogP contribution in [0.4, 0.5) is 0 Å². The van der Waals surface area contributed by atoms with Crippen molar-refractivity contribution < 1.29 is 8.83 Å². The zero-order chi connectivity index (χ0) is 12.7. The molecule has 0 radical (unpaired) electrons. The van der Waals surface area contributed by atoms with Gasteiger partial charge in [-0.25, -0.2) is 4.98 Å². The van der Waals surface area contributed by atoms with Crippen molar-refractivity contribution in [2.45, 2.75) is 0 Å². The third-order valence-electron chi connectivity index (χ3n) is 2.93. The Balaban J connectivity index is 1.86. The van der Waals surface area contributed by atoms with Crippen LogP contribution in [-0.2, 0) is 0 Å². The molecule has 0 aliphatic carbocycles. The Morgan fingerprint density at radius 1 is 1.05 bits per heavy atom. The molecule has 0 atom stereocenters. The zero-order valence-corrected chi connectivity index (χ0v) is 10.7. The van der Waals surface area contributed by atoms with E-state index >= 15 is 0 Å². The van der Waals surface area contributed by atoms with E-state index in [1.807, 2.05) is 47.8 Å². The van der Waals surface area contributed by atoms with Gasteiger partial charge in [-0.3, -0.25) is 0 Å². The van der Waals surface area contributed by atoms with Crippen LogP contribution in [-0.4, -0.2) is 4.98 Å². The summed E-state index contributed by atoms with van der Waals surface area (Å²) in [6.07, 6.45) is 1.67. The Bertz CT molecular complexity index is 781. The van der Waals surface area contributed by atoms with Gasteiger partial charge in [0.1, 0.15) is 11.3 Å². The summed E-state index contributed by atoms with van der Waals surface area (Å²) in [4.78, 5) is 5.57. The van der Waals surface area contributed by atoms with Crippen molar-refractivity contribution in [3.63, 3.8) is 0 Å². The number of benzene rings is 1. The molecular formula is C15H9NO2S. The Hall–Kier alpha value is -2.33. The number of oxazole rings is 1. The quantitative estimate of drug-likeness (QED) is 0.523. The van der Waals surface area contributed by atoms with E-state index in [0.717, 1.165) is 27.3 Å². The number of hydrogen-bond acceptors (Lipinski definition) is 4. The second-order valence-corrected chi connectivity index (χ2v) is 5.10. The van der Waals surface area contributed by atoms with E-state index in [-0.39, 0.29) is 0 Å². The van der Waals surface area contributed by atoms with Crippen molar-refractivity contribution in [2.75, 3.05) is 0 Å². The molecule has 0 saturated heterocycles. The minimum atomic E-state index is 0.668. The molecule has 0 fully saturated rings. The predicted molar refractivity (Wildman–Crippen MR) is 75.0 cm³/mol. The molecule has 3 heterocycles. The third kappa shape index (κ3) is 1.77. The van der Waals surface area contributed by atoms with Crippen LogP contribution in [0, 0.1) is 0 Å². The van der Waals surface area contributed by atoms with Crippen LogP contribution in [0.25, 0.3) is 33.2 Å². The van der Waals surface area contributed by atoms with Gasteiger partial charge in [-0.2, -0.15) is 0 Å². The first-order valence-corrected chi connectivity index (χ1v) is 6.76. The Kier molecular flexibility index (Phi) is 2.28. The summed E-state index contributed by atoms with van der Waals surface area (Å²) in [5, 5.41) is 2.01. The number of rotatable bonds is 2. The number of aromatic nitrogens is 1. The predicted octanol–water partition coefficient (Wildman–Crippen LogP) is 4.82. The van der Waals surface area contributed by atoms with Crippen LogP contribution in [0.5, 0.6) is 0 Å². The van der Waals surface area contributed by atoms with E-state index in [9.17, 15) is 0 Å². The molecule has 0 bridgehead atoms. The first-order valence-electron chi connectivity index (χ1n) is 5.88. The maximum atomic E-state index is 5.75. The highest BCUT2D eigenvalue weighted by Crippen LogP contribution is 2.30. The summed E-state index contributed by atoms with van der Waals surface area (Å²) in [5.41, 5.74) is 2.64. The minimum Gasteiger partial charge on any atom is -0.464 e. The molecule has 4 heteroatoms. The molecule has 0 N–H and O–H groups in total. The highest BCUT2D eigenvalue weighted by Gasteiger charge is 2.10. The van der Waals surface area contributed by atoms with Crippen molar-refractivity contribution in [3.05, 3.63) is 54.1 Å². The number of hydrogen-bond donors (Lipinski definition) is 0. The van der Waals surface area contributed by atoms with Gasteiger partial charge in [-0.15, -0.1) is 11.3 Å². The molecule has 4 aromatic rings. The number of nitrogens with zero attached hydrogens (tertiary/aromatic N) is 1. The molecule has 19 heavy (non-hydrogen) atoms. The van der Waals surface area contributed by atoms with E-state index < -0.39 is 0 Å². The fraction of sp³-hybridized carbons (Fsp3) is 0. The first-order chi connectivity index (χ1) is 9.40. The maximum absolute atomic E-state index is 5.75. The third-order valence-corrected chi connectivity index (χ3v) is 3.78. The minimum absolute atomic E-state index is 0.668. The summed E-state index contributed by atoms with van der Waals surface area (Å²) in [5.74, 6) is 1.50. The fourth-order valence-electron chi connectivity index (χ4n) is 2.03. The van der Waals surface area contributed by atoms with Crippen molar-refractivity contribution in [1.82, 2.24) is 4.98 Å². The number of furan rings is 1. The van der Waals surface area contributed by atoms with Gasteiger partial charge in [0.25, 0.3) is 0 Å². The Morgan fingerprint density at radius 3 is 2.84 bits per heavy atom. The van der Waals surface area contributed by atoms with Crippen LogP contribution in [0.15, 0.2) is 62.9 Å². The van der Waals surface area contributed by atoms with Crippen LogP contribution in [0.1, 0.15) is 0 Å². The first kappa shape index (κ1) is 10.6. The lowest BCUT2D eigenvalue weighted by atomic mass is 10.1. The lowest BCUT2D eigenvalue weighted by molar-refractivity contribution is 0.582. The number of thiophene rings is 1. The summed E-state index contributed by atoms with van der Waals surface area (Å²) in [6.45, 7) is 0. The SMILES string of the molecule is c1coc(-c2ccc3oc(-c4cccs4)nc3c2)c1. The van der Waals surface area contributed by atoms with Crippen molar-refractivity contribution >= 4 is 22.4 Å². The van der Waals surface area contributed by atoms with Crippen molar-refractivity contribution in [2.24, 2.45) is 0 Å². The molecule has 3 aromatic heterocycles. The highest BCUT2D eigenvalue weighted by molar-refractivity contribution is 7.13. The second kappa shape index (κ2) is 4.10. The van der Waals surface area contributed by atoms with Gasteiger partial charge in [0.05, 0.1) is 11.1 Å². The molecular weight excluding hydrogens is 258 g/mol. The summed E-state index contributed by atoms with van der Waals surface area (Å²) < 4.78 is 11.1. The van der Waals surface area contributed by atoms with E-state index in [1.165, 1.54) is 0 Å². The molecule has 0 spiro atoms. The zero-order valence-electron chi connectivity index (χ0n) is 9.87. The van der Waals surface area contributed by atoms with Gasteiger partial charge in [0.2, 0.25) is 5.89 Å². The lowest BCUT2D eigenvalue weighted by Crippen LogP contribution is -1.74. The van der Waals surface area contributed by atoms with Gasteiger partial charge in [0, 0.05) is 5.56 Å². The van der Waals surface area contributed by atoms with Gasteiger partial charge in [-0.05, 0) is 41.8 Å². The second-order valence-electron chi connectivity index (χ2n) is 4.16. The molecule has 4 rings (SSSR count). The van der Waals surface area contributed by atoms with Gasteiger partial charge >= 0.3 is 0 Å². The standard InChI is InChI=1S/C15H9NO2S/c1-3-12(17-7-1)10-5-6-13-11(9-10)16-15(18-13)14-4-2-8-19-14/h1-9H. The summed E-state index contributed by atoms with van der Waals surface area (Å²) in [6, 6.07) is 13.7. The Morgan fingerprint density at radius 2 is 2.05 bits per heavy atom. The van der Waals surface area contributed by atoms with Gasteiger partial charge in [0.15, 0.2) is 5.58 Å². The van der Waals surface area contributed by atoms with Crippen LogP contribution >= 0.6 is 11.3 Å². The smallest absolute Gasteiger partial charge is 0.237 e. The molecule has 1 aromatic carbocycles. The largest absolute Gasteiger partial charge is 0.464 e. The molecule has 3 nitrogen and oxygen atoms in total. The van der Waals surface area contributed by atoms with E-state index in [4.69, 9.17) is 8.83 Å². The number of fused-ring (bicyclic) bond motifs is 1. The van der Waals surface area contributed by atoms with Crippen LogP contribution < -0.4 is 0 Å². The van der Waals surface area contributed by atoms with E-state index in [2.05, 4.69) is 4.98 Å². The molecule has 0 aliphatic rings. The average Bonchev–Trinajstić information content (AvgIpc) is 3.18. The lowest BCUT2D eigenvalue weighted by Gasteiger charge is -1.94. The molecule has 92 valence electrons. The maximum Gasteiger partial charge on any atom is 0.237 e. The highest BCUT2D eigenvalue weighted by atomic mass is 32.1. The topological polar surface area (TPSA) is 39.2 Å². The normalized spacial score (nSPS) is 11.2. The van der Waals surface area contributed by atoms with E-state index in [1.54, 1.807) is 17.6 Å². The summed E-state index contributed by atoms with van der Waals surface area (Å²) >= 11 is 1.62. The van der Waals surface area contributed by atoms with Crippen LogP contribution in [0.3, 0.4) is 0 Å². The van der Waals surface area contributed by atoms with Crippen LogP contribution in [0.2, 0.25) is 0 Å². The molecule has 0 aliphatic heterocycles. The fourth-order valence-corrected chi connectivity index (χ4v) is 2.68. The van der Waals surface area contributed by atoms with Crippen molar-refractivity contribution in [3.8, 4) is 22.1 Å². The average molecular weight is 267 g/mol. The van der Waals surface area contributed by atoms with E-state index in [0.29, 0.717) is 5.89 Å². The Labute approximate surface area is 113 Å².